The molecule has 0 fully saturated rings. The Morgan fingerprint density at radius 3 is 2.74 bits per heavy atom. The molecular formula is C16H18N2O4S. The van der Waals surface area contributed by atoms with Crippen molar-refractivity contribution in [3.63, 3.8) is 0 Å². The largest absolute Gasteiger partial charge is 0.465 e. The van der Waals surface area contributed by atoms with Crippen molar-refractivity contribution < 1.29 is 17.6 Å². The number of furan rings is 1. The quantitative estimate of drug-likeness (QED) is 0.898. The highest BCUT2D eigenvalue weighted by molar-refractivity contribution is 7.89. The highest BCUT2D eigenvalue weighted by Gasteiger charge is 2.27. The summed E-state index contributed by atoms with van der Waals surface area (Å²) in [7, 11) is -3.66. The number of aryl methyl sites for hydroxylation is 2. The van der Waals surface area contributed by atoms with Gasteiger partial charge in [0.15, 0.2) is 0 Å². The topological polar surface area (TPSA) is 88.4 Å². The van der Waals surface area contributed by atoms with E-state index in [-0.39, 0.29) is 29.7 Å². The number of para-hydroxylation sites is 1. The number of sulfonamides is 1. The number of rotatable bonds is 4. The molecule has 1 aromatic heterocycles. The molecule has 2 N–H and O–H groups in total. The number of benzene rings is 1. The van der Waals surface area contributed by atoms with Gasteiger partial charge in [0, 0.05) is 24.6 Å². The summed E-state index contributed by atoms with van der Waals surface area (Å²) in [5, 5.41) is 2.80. The van der Waals surface area contributed by atoms with Crippen molar-refractivity contribution in [1.82, 2.24) is 4.72 Å². The van der Waals surface area contributed by atoms with Gasteiger partial charge in [0.1, 0.15) is 16.4 Å². The molecule has 1 unspecified atom stereocenters. The van der Waals surface area contributed by atoms with Gasteiger partial charge >= 0.3 is 0 Å². The van der Waals surface area contributed by atoms with E-state index in [1.165, 1.54) is 6.07 Å². The lowest BCUT2D eigenvalue weighted by Crippen LogP contribution is -2.33. The van der Waals surface area contributed by atoms with E-state index in [2.05, 4.69) is 10.0 Å². The van der Waals surface area contributed by atoms with Crippen LogP contribution in [0.2, 0.25) is 0 Å². The van der Waals surface area contributed by atoms with Crippen LogP contribution in [0.25, 0.3) is 0 Å². The fourth-order valence-electron chi connectivity index (χ4n) is 2.85. The molecule has 6 nitrogen and oxygen atoms in total. The zero-order valence-electron chi connectivity index (χ0n) is 12.9. The highest BCUT2D eigenvalue weighted by atomic mass is 32.2. The van der Waals surface area contributed by atoms with Gasteiger partial charge in [-0.1, -0.05) is 18.2 Å². The zero-order chi connectivity index (χ0) is 16.6. The lowest BCUT2D eigenvalue weighted by molar-refractivity contribution is -0.116. The minimum atomic E-state index is -3.66. The van der Waals surface area contributed by atoms with Crippen LogP contribution in [0.15, 0.2) is 39.6 Å². The zero-order valence-corrected chi connectivity index (χ0v) is 13.7. The van der Waals surface area contributed by atoms with E-state index in [1.54, 1.807) is 13.8 Å². The second-order valence-corrected chi connectivity index (χ2v) is 7.40. The molecule has 2 aromatic rings. The Hall–Kier alpha value is -2.12. The second kappa shape index (κ2) is 5.82. The van der Waals surface area contributed by atoms with Crippen LogP contribution in [0.4, 0.5) is 5.69 Å². The smallest absolute Gasteiger partial charge is 0.244 e. The van der Waals surface area contributed by atoms with Crippen molar-refractivity contribution in [2.24, 2.45) is 0 Å². The summed E-state index contributed by atoms with van der Waals surface area (Å²) in [5.74, 6) is 0.605. The van der Waals surface area contributed by atoms with Gasteiger partial charge in [-0.3, -0.25) is 4.79 Å². The number of anilines is 1. The number of hydrogen-bond acceptors (Lipinski definition) is 4. The van der Waals surface area contributed by atoms with Crippen molar-refractivity contribution in [1.29, 1.82) is 0 Å². The first-order valence-corrected chi connectivity index (χ1v) is 8.80. The summed E-state index contributed by atoms with van der Waals surface area (Å²) in [5.41, 5.74) is 1.68. The Morgan fingerprint density at radius 2 is 2.04 bits per heavy atom. The molecule has 7 heteroatoms. The molecule has 1 atom stereocenters. The minimum absolute atomic E-state index is 0.108. The van der Waals surface area contributed by atoms with E-state index in [4.69, 9.17) is 4.42 Å². The number of amides is 1. The highest BCUT2D eigenvalue weighted by Crippen LogP contribution is 2.31. The Balaban J connectivity index is 1.81. The molecule has 0 bridgehead atoms. The van der Waals surface area contributed by atoms with Gasteiger partial charge < -0.3 is 9.73 Å². The third-order valence-electron chi connectivity index (χ3n) is 3.91. The maximum Gasteiger partial charge on any atom is 0.244 e. The van der Waals surface area contributed by atoms with Crippen molar-refractivity contribution in [3.8, 4) is 0 Å². The maximum atomic E-state index is 12.4. The summed E-state index contributed by atoms with van der Waals surface area (Å²) in [4.78, 5) is 11.9. The lowest BCUT2D eigenvalue weighted by atomic mass is 9.91. The Kier molecular flexibility index (Phi) is 3.99. The number of fused-ring (bicyclic) bond motifs is 1. The average molecular weight is 334 g/mol. The fraction of sp³-hybridized carbons (Fsp3) is 0.312. The molecule has 0 spiro atoms. The third-order valence-corrected chi connectivity index (χ3v) is 5.44. The van der Waals surface area contributed by atoms with Crippen LogP contribution in [0.3, 0.4) is 0 Å². The van der Waals surface area contributed by atoms with Gasteiger partial charge in [-0.05, 0) is 31.5 Å². The van der Waals surface area contributed by atoms with Crippen LogP contribution < -0.4 is 10.0 Å². The van der Waals surface area contributed by atoms with E-state index in [0.29, 0.717) is 11.5 Å². The summed E-state index contributed by atoms with van der Waals surface area (Å²) in [6, 6.07) is 8.93. The lowest BCUT2D eigenvalue weighted by Gasteiger charge is -2.25. The molecule has 0 radical (unpaired) electrons. The van der Waals surface area contributed by atoms with Gasteiger partial charge in [-0.15, -0.1) is 0 Å². The predicted molar refractivity (Wildman–Crippen MR) is 85.8 cm³/mol. The molecule has 1 amide bonds. The first-order valence-electron chi connectivity index (χ1n) is 7.32. The molecule has 3 rings (SSSR count). The van der Waals surface area contributed by atoms with Crippen LogP contribution in [-0.4, -0.2) is 20.9 Å². The maximum absolute atomic E-state index is 12.4. The van der Waals surface area contributed by atoms with Crippen LogP contribution >= 0.6 is 0 Å². The number of carbonyl (C=O) groups excluding carboxylic acids is 1. The summed E-state index contributed by atoms with van der Waals surface area (Å²) in [6.07, 6.45) is 0.253. The van der Waals surface area contributed by atoms with Crippen LogP contribution in [-0.2, 0) is 14.8 Å². The van der Waals surface area contributed by atoms with Gasteiger partial charge in [-0.25, -0.2) is 13.1 Å². The van der Waals surface area contributed by atoms with Gasteiger partial charge in [0.25, 0.3) is 0 Å². The molecule has 1 aliphatic rings. The minimum Gasteiger partial charge on any atom is -0.465 e. The van der Waals surface area contributed by atoms with Gasteiger partial charge in [0.05, 0.1) is 0 Å². The molecule has 1 aliphatic heterocycles. The standard InChI is InChI=1S/C16H18N2O4S/c1-10-7-15(11(2)22-10)23(20,21)17-9-12-8-16(19)18-14-6-4-3-5-13(12)14/h3-7,12,17H,8-9H2,1-2H3,(H,18,19). The van der Waals surface area contributed by atoms with Crippen molar-refractivity contribution in [2.75, 3.05) is 11.9 Å². The first-order chi connectivity index (χ1) is 10.9. The SMILES string of the molecule is Cc1cc(S(=O)(=O)NCC2CC(=O)Nc3ccccc32)c(C)o1. The molecular weight excluding hydrogens is 316 g/mol. The van der Waals surface area contributed by atoms with Gasteiger partial charge in [-0.2, -0.15) is 0 Å². The summed E-state index contributed by atoms with van der Waals surface area (Å²) in [6.45, 7) is 3.48. The normalized spacial score (nSPS) is 17.7. The van der Waals surface area contributed by atoms with E-state index < -0.39 is 10.0 Å². The van der Waals surface area contributed by atoms with E-state index in [0.717, 1.165) is 11.3 Å². The van der Waals surface area contributed by atoms with E-state index >= 15 is 0 Å². The molecule has 2 heterocycles. The predicted octanol–water partition coefficient (Wildman–Crippen LogP) is 2.30. The fourth-order valence-corrected chi connectivity index (χ4v) is 4.16. The molecule has 0 saturated heterocycles. The van der Waals surface area contributed by atoms with Gasteiger partial charge in [0.2, 0.25) is 15.9 Å². The number of nitrogens with one attached hydrogen (secondary N) is 2. The molecule has 0 saturated carbocycles. The van der Waals surface area contributed by atoms with Crippen molar-refractivity contribution in [2.45, 2.75) is 31.1 Å². The molecule has 1 aromatic carbocycles. The Morgan fingerprint density at radius 1 is 1.30 bits per heavy atom. The number of hydrogen-bond donors (Lipinski definition) is 2. The Labute approximate surface area is 134 Å². The van der Waals surface area contributed by atoms with E-state index in [9.17, 15) is 13.2 Å². The third kappa shape index (κ3) is 3.16. The molecule has 122 valence electrons. The monoisotopic (exact) mass is 334 g/mol. The first kappa shape index (κ1) is 15.8. The van der Waals surface area contributed by atoms with Crippen LogP contribution in [0.5, 0.6) is 0 Å². The molecule has 0 aliphatic carbocycles. The van der Waals surface area contributed by atoms with Crippen LogP contribution in [0.1, 0.15) is 29.4 Å². The van der Waals surface area contributed by atoms with Crippen molar-refractivity contribution in [3.05, 3.63) is 47.4 Å². The molecule has 23 heavy (non-hydrogen) atoms. The summed E-state index contributed by atoms with van der Waals surface area (Å²) < 4.78 is 32.7. The van der Waals surface area contributed by atoms with Crippen LogP contribution in [0, 0.1) is 13.8 Å². The Bertz CT molecular complexity index is 855. The number of carbonyl (C=O) groups is 1. The average Bonchev–Trinajstić information content (AvgIpc) is 2.84. The summed E-state index contributed by atoms with van der Waals surface area (Å²) >= 11 is 0. The van der Waals surface area contributed by atoms with Crippen molar-refractivity contribution >= 4 is 21.6 Å². The second-order valence-electron chi connectivity index (χ2n) is 5.67. The van der Waals surface area contributed by atoms with E-state index in [1.807, 2.05) is 24.3 Å².